The van der Waals surface area contributed by atoms with Gasteiger partial charge in [0, 0.05) is 13.1 Å². The number of para-hydroxylation sites is 2. The largest absolute Gasteiger partial charge is 0.387 e. The van der Waals surface area contributed by atoms with Crippen LogP contribution in [0.4, 0.5) is 0 Å². The highest BCUT2D eigenvalue weighted by Crippen LogP contribution is 2.17. The molecule has 0 amide bonds. The lowest BCUT2D eigenvalue weighted by Crippen LogP contribution is -2.23. The fourth-order valence-electron chi connectivity index (χ4n) is 2.96. The molecule has 0 radical (unpaired) electrons. The Kier molecular flexibility index (Phi) is 5.28. The second kappa shape index (κ2) is 7.60. The van der Waals surface area contributed by atoms with Crippen LogP contribution in [0.15, 0.2) is 48.5 Å². The fraction of sp³-hybridized carbons (Fsp3) is 0.350. The van der Waals surface area contributed by atoms with Gasteiger partial charge < -0.3 is 15.0 Å². The first-order valence-electron chi connectivity index (χ1n) is 8.58. The molecule has 0 aliphatic rings. The van der Waals surface area contributed by atoms with E-state index in [1.54, 1.807) is 0 Å². The molecule has 0 fully saturated rings. The number of imidazole rings is 1. The standard InChI is InChI=1S/C20H25N3O/c1-3-12-23-18-7-5-4-6-17(18)22-20(23)14-21-13-19(24)16-10-8-15(2)9-11-16/h4-11,19,21,24H,3,12-14H2,1-2H3. The van der Waals surface area contributed by atoms with E-state index in [0.717, 1.165) is 29.9 Å². The number of aliphatic hydroxyl groups is 1. The van der Waals surface area contributed by atoms with E-state index in [9.17, 15) is 5.11 Å². The first kappa shape index (κ1) is 16.7. The van der Waals surface area contributed by atoms with Crippen molar-refractivity contribution in [2.75, 3.05) is 6.54 Å². The molecule has 2 aromatic carbocycles. The van der Waals surface area contributed by atoms with Gasteiger partial charge in [-0.25, -0.2) is 4.98 Å². The number of aryl methyl sites for hydroxylation is 2. The number of aromatic nitrogens is 2. The first-order valence-corrected chi connectivity index (χ1v) is 8.58. The third-order valence-electron chi connectivity index (χ3n) is 4.26. The monoisotopic (exact) mass is 323 g/mol. The third-order valence-corrected chi connectivity index (χ3v) is 4.26. The predicted molar refractivity (Wildman–Crippen MR) is 97.9 cm³/mol. The second-order valence-corrected chi connectivity index (χ2v) is 6.23. The van der Waals surface area contributed by atoms with Gasteiger partial charge in [0.15, 0.2) is 0 Å². The zero-order valence-corrected chi connectivity index (χ0v) is 14.4. The van der Waals surface area contributed by atoms with Crippen LogP contribution in [-0.4, -0.2) is 21.2 Å². The minimum absolute atomic E-state index is 0.505. The Hall–Kier alpha value is -2.17. The van der Waals surface area contributed by atoms with Crippen LogP contribution in [0.5, 0.6) is 0 Å². The van der Waals surface area contributed by atoms with E-state index in [4.69, 9.17) is 4.98 Å². The zero-order chi connectivity index (χ0) is 16.9. The van der Waals surface area contributed by atoms with Crippen molar-refractivity contribution in [3.8, 4) is 0 Å². The predicted octanol–water partition coefficient (Wildman–Crippen LogP) is 3.58. The number of rotatable bonds is 7. The molecule has 3 aromatic rings. The summed E-state index contributed by atoms with van der Waals surface area (Å²) in [5.74, 6) is 1.02. The smallest absolute Gasteiger partial charge is 0.123 e. The summed E-state index contributed by atoms with van der Waals surface area (Å²) < 4.78 is 2.26. The van der Waals surface area contributed by atoms with Gasteiger partial charge in [-0.3, -0.25) is 0 Å². The normalized spacial score (nSPS) is 12.6. The molecule has 0 spiro atoms. The van der Waals surface area contributed by atoms with Crippen molar-refractivity contribution in [2.45, 2.75) is 39.5 Å². The van der Waals surface area contributed by atoms with Gasteiger partial charge in [-0.15, -0.1) is 0 Å². The van der Waals surface area contributed by atoms with Gasteiger partial charge >= 0.3 is 0 Å². The number of nitrogens with one attached hydrogen (secondary N) is 1. The minimum atomic E-state index is -0.505. The Morgan fingerprint density at radius 1 is 1.12 bits per heavy atom. The van der Waals surface area contributed by atoms with Gasteiger partial charge in [0.25, 0.3) is 0 Å². The highest BCUT2D eigenvalue weighted by molar-refractivity contribution is 5.75. The van der Waals surface area contributed by atoms with E-state index < -0.39 is 6.10 Å². The lowest BCUT2D eigenvalue weighted by molar-refractivity contribution is 0.174. The molecule has 4 nitrogen and oxygen atoms in total. The average Bonchev–Trinajstić information content (AvgIpc) is 2.94. The van der Waals surface area contributed by atoms with Crippen molar-refractivity contribution in [3.05, 3.63) is 65.5 Å². The molecule has 1 heterocycles. The molecular weight excluding hydrogens is 298 g/mol. The number of hydrogen-bond donors (Lipinski definition) is 2. The summed E-state index contributed by atoms with van der Waals surface area (Å²) in [6.45, 7) is 6.34. The number of hydrogen-bond acceptors (Lipinski definition) is 3. The summed E-state index contributed by atoms with van der Waals surface area (Å²) >= 11 is 0. The molecule has 4 heteroatoms. The highest BCUT2D eigenvalue weighted by atomic mass is 16.3. The Balaban J connectivity index is 1.67. The Morgan fingerprint density at radius 2 is 1.88 bits per heavy atom. The van der Waals surface area contributed by atoms with Crippen LogP contribution >= 0.6 is 0 Å². The van der Waals surface area contributed by atoms with E-state index in [1.807, 2.05) is 43.3 Å². The van der Waals surface area contributed by atoms with Gasteiger partial charge in [0.1, 0.15) is 5.82 Å². The summed E-state index contributed by atoms with van der Waals surface area (Å²) in [5.41, 5.74) is 4.35. The van der Waals surface area contributed by atoms with Crippen molar-refractivity contribution in [3.63, 3.8) is 0 Å². The summed E-state index contributed by atoms with van der Waals surface area (Å²) in [5, 5.41) is 13.7. The van der Waals surface area contributed by atoms with Crippen LogP contribution < -0.4 is 5.32 Å². The van der Waals surface area contributed by atoms with Crippen molar-refractivity contribution in [1.29, 1.82) is 0 Å². The Labute approximate surface area is 143 Å². The van der Waals surface area contributed by atoms with Crippen molar-refractivity contribution >= 4 is 11.0 Å². The van der Waals surface area contributed by atoms with Gasteiger partial charge in [0.2, 0.25) is 0 Å². The van der Waals surface area contributed by atoms with Crippen LogP contribution in [0.3, 0.4) is 0 Å². The maximum atomic E-state index is 10.3. The van der Waals surface area contributed by atoms with Crippen LogP contribution in [0.25, 0.3) is 11.0 Å². The lowest BCUT2D eigenvalue weighted by Gasteiger charge is -2.13. The average molecular weight is 323 g/mol. The van der Waals surface area contributed by atoms with E-state index in [0.29, 0.717) is 13.1 Å². The maximum absolute atomic E-state index is 10.3. The molecule has 0 bridgehead atoms. The molecule has 0 saturated heterocycles. The van der Waals surface area contributed by atoms with Gasteiger partial charge in [-0.05, 0) is 31.0 Å². The topological polar surface area (TPSA) is 50.1 Å². The molecule has 0 aliphatic carbocycles. The van der Waals surface area contributed by atoms with Gasteiger partial charge in [-0.1, -0.05) is 48.9 Å². The number of fused-ring (bicyclic) bond motifs is 1. The van der Waals surface area contributed by atoms with Crippen LogP contribution in [0.1, 0.15) is 36.4 Å². The Bertz CT molecular complexity index is 792. The fourth-order valence-corrected chi connectivity index (χ4v) is 2.96. The van der Waals surface area contributed by atoms with E-state index >= 15 is 0 Å². The lowest BCUT2D eigenvalue weighted by atomic mass is 10.1. The minimum Gasteiger partial charge on any atom is -0.387 e. The molecule has 2 N–H and O–H groups in total. The summed E-state index contributed by atoms with van der Waals surface area (Å²) in [6.07, 6.45) is 0.564. The number of aliphatic hydroxyl groups excluding tert-OH is 1. The maximum Gasteiger partial charge on any atom is 0.123 e. The zero-order valence-electron chi connectivity index (χ0n) is 14.4. The van der Waals surface area contributed by atoms with Crippen molar-refractivity contribution < 1.29 is 5.11 Å². The summed E-state index contributed by atoms with van der Waals surface area (Å²) in [7, 11) is 0. The molecule has 1 unspecified atom stereocenters. The third kappa shape index (κ3) is 3.66. The first-order chi connectivity index (χ1) is 11.7. The van der Waals surface area contributed by atoms with Gasteiger partial charge in [-0.2, -0.15) is 0 Å². The molecule has 0 saturated carbocycles. The number of benzene rings is 2. The molecule has 24 heavy (non-hydrogen) atoms. The van der Waals surface area contributed by atoms with E-state index in [2.05, 4.69) is 28.9 Å². The van der Waals surface area contributed by atoms with E-state index in [1.165, 1.54) is 11.1 Å². The van der Waals surface area contributed by atoms with Crippen molar-refractivity contribution in [1.82, 2.24) is 14.9 Å². The van der Waals surface area contributed by atoms with E-state index in [-0.39, 0.29) is 0 Å². The van der Waals surface area contributed by atoms with Gasteiger partial charge in [0.05, 0.1) is 23.7 Å². The van der Waals surface area contributed by atoms with Crippen LogP contribution in [0.2, 0.25) is 0 Å². The quantitative estimate of drug-likeness (QED) is 0.699. The molecule has 1 aromatic heterocycles. The van der Waals surface area contributed by atoms with Crippen LogP contribution in [0, 0.1) is 6.92 Å². The van der Waals surface area contributed by atoms with Crippen LogP contribution in [-0.2, 0) is 13.1 Å². The molecule has 3 rings (SSSR count). The Morgan fingerprint density at radius 3 is 2.62 bits per heavy atom. The summed E-state index contributed by atoms with van der Waals surface area (Å²) in [4.78, 5) is 4.73. The number of nitrogens with zero attached hydrogens (tertiary/aromatic N) is 2. The highest BCUT2D eigenvalue weighted by Gasteiger charge is 2.11. The SMILES string of the molecule is CCCn1c(CNCC(O)c2ccc(C)cc2)nc2ccccc21. The molecular formula is C20H25N3O. The van der Waals surface area contributed by atoms with Crippen molar-refractivity contribution in [2.24, 2.45) is 0 Å². The molecule has 0 aliphatic heterocycles. The summed E-state index contributed by atoms with van der Waals surface area (Å²) in [6, 6.07) is 16.2. The second-order valence-electron chi connectivity index (χ2n) is 6.23. The molecule has 126 valence electrons. The molecule has 1 atom stereocenters.